The van der Waals surface area contributed by atoms with E-state index in [4.69, 9.17) is 4.74 Å². The van der Waals surface area contributed by atoms with Crippen LogP contribution in [0.3, 0.4) is 0 Å². The van der Waals surface area contributed by atoms with E-state index in [0.717, 1.165) is 31.4 Å². The lowest BCUT2D eigenvalue weighted by Crippen LogP contribution is -2.38. The zero-order valence-corrected chi connectivity index (χ0v) is 15.7. The number of aryl methyl sites for hydroxylation is 3. The minimum absolute atomic E-state index is 0.0155. The van der Waals surface area contributed by atoms with Gasteiger partial charge < -0.3 is 10.1 Å². The van der Waals surface area contributed by atoms with Gasteiger partial charge in [-0.1, -0.05) is 43.3 Å². The van der Waals surface area contributed by atoms with Gasteiger partial charge in [0.15, 0.2) is 6.10 Å². The van der Waals surface area contributed by atoms with Crippen LogP contribution in [0.4, 0.5) is 0 Å². The zero-order chi connectivity index (χ0) is 18.2. The first kappa shape index (κ1) is 18.5. The van der Waals surface area contributed by atoms with E-state index in [1.165, 1.54) is 29.5 Å². The molecule has 3 heteroatoms. The number of amides is 1. The van der Waals surface area contributed by atoms with Crippen molar-refractivity contribution in [3.63, 3.8) is 0 Å². The quantitative estimate of drug-likeness (QED) is 0.713. The highest BCUT2D eigenvalue weighted by Gasteiger charge is 2.19. The maximum Gasteiger partial charge on any atom is 0.261 e. The number of hydrogen-bond acceptors (Lipinski definition) is 2. The number of benzene rings is 2. The van der Waals surface area contributed by atoms with Crippen molar-refractivity contribution in [2.75, 3.05) is 6.54 Å². The van der Waals surface area contributed by atoms with Gasteiger partial charge in [0.05, 0.1) is 0 Å². The Labute approximate surface area is 156 Å². The van der Waals surface area contributed by atoms with Crippen LogP contribution in [0, 0.1) is 0 Å². The van der Waals surface area contributed by atoms with E-state index < -0.39 is 6.10 Å². The Morgan fingerprint density at radius 1 is 1.08 bits per heavy atom. The third kappa shape index (κ3) is 5.10. The Morgan fingerprint density at radius 2 is 1.85 bits per heavy atom. The molecule has 0 radical (unpaired) electrons. The molecule has 138 valence electrons. The number of carbonyl (C=O) groups excluding carboxylic acids is 1. The number of ether oxygens (including phenoxy) is 1. The van der Waals surface area contributed by atoms with Crippen LogP contribution in [0.5, 0.6) is 5.75 Å². The predicted molar refractivity (Wildman–Crippen MR) is 106 cm³/mol. The number of fused-ring (bicyclic) bond motifs is 1. The van der Waals surface area contributed by atoms with E-state index in [1.807, 2.05) is 31.2 Å². The second-order valence-electron chi connectivity index (χ2n) is 7.03. The first-order valence-electron chi connectivity index (χ1n) is 9.86. The molecule has 0 saturated carbocycles. The van der Waals surface area contributed by atoms with Gasteiger partial charge in [-0.2, -0.15) is 0 Å². The zero-order valence-electron chi connectivity index (χ0n) is 15.7. The summed E-state index contributed by atoms with van der Waals surface area (Å²) in [5.41, 5.74) is 4.12. The molecule has 3 rings (SSSR count). The third-order valence-electron chi connectivity index (χ3n) is 5.05. The summed E-state index contributed by atoms with van der Waals surface area (Å²) in [5.74, 6) is 0.801. The molecule has 0 bridgehead atoms. The highest BCUT2D eigenvalue weighted by molar-refractivity contribution is 5.81. The first-order valence-corrected chi connectivity index (χ1v) is 9.86. The maximum absolute atomic E-state index is 12.4. The molecule has 3 nitrogen and oxygen atoms in total. The SMILES string of the molecule is CC[C@@H](Oc1ccc2c(c1)CCCC2)C(=O)NCCCc1ccccc1. The molecule has 0 aromatic heterocycles. The monoisotopic (exact) mass is 351 g/mol. The van der Waals surface area contributed by atoms with E-state index in [-0.39, 0.29) is 5.91 Å². The minimum Gasteiger partial charge on any atom is -0.481 e. The molecule has 1 aliphatic rings. The van der Waals surface area contributed by atoms with Crippen LogP contribution in [0.25, 0.3) is 0 Å². The minimum atomic E-state index is -0.423. The Hall–Kier alpha value is -2.29. The Morgan fingerprint density at radius 3 is 2.62 bits per heavy atom. The standard InChI is InChI=1S/C23H29NO2/c1-2-22(23(25)24-16-8-11-18-9-4-3-5-10-18)26-21-15-14-19-12-6-7-13-20(19)17-21/h3-5,9-10,14-15,17,22H,2,6-8,11-13,16H2,1H3,(H,24,25)/t22-/m1/s1. The highest BCUT2D eigenvalue weighted by atomic mass is 16.5. The van der Waals surface area contributed by atoms with Crippen molar-refractivity contribution < 1.29 is 9.53 Å². The summed E-state index contributed by atoms with van der Waals surface area (Å²) in [6, 6.07) is 16.7. The van der Waals surface area contributed by atoms with Crippen LogP contribution in [0.15, 0.2) is 48.5 Å². The highest BCUT2D eigenvalue weighted by Crippen LogP contribution is 2.26. The van der Waals surface area contributed by atoms with Crippen molar-refractivity contribution >= 4 is 5.91 Å². The summed E-state index contributed by atoms with van der Waals surface area (Å²) in [6.07, 6.45) is 6.96. The molecule has 0 unspecified atom stereocenters. The van der Waals surface area contributed by atoms with Gasteiger partial charge in [-0.25, -0.2) is 0 Å². The van der Waals surface area contributed by atoms with Crippen molar-refractivity contribution in [2.45, 2.75) is 58.0 Å². The molecule has 1 aliphatic carbocycles. The van der Waals surface area contributed by atoms with Crippen molar-refractivity contribution in [2.24, 2.45) is 0 Å². The Balaban J connectivity index is 1.47. The molecule has 0 heterocycles. The molecule has 1 amide bonds. The van der Waals surface area contributed by atoms with Crippen LogP contribution in [0.2, 0.25) is 0 Å². The normalized spacial score (nSPS) is 14.3. The van der Waals surface area contributed by atoms with Gasteiger partial charge in [-0.05, 0) is 73.8 Å². The van der Waals surface area contributed by atoms with Gasteiger partial charge >= 0.3 is 0 Å². The van der Waals surface area contributed by atoms with Crippen molar-refractivity contribution in [1.29, 1.82) is 0 Å². The molecule has 0 fully saturated rings. The summed E-state index contributed by atoms with van der Waals surface area (Å²) in [4.78, 5) is 12.4. The fourth-order valence-corrected chi connectivity index (χ4v) is 3.53. The maximum atomic E-state index is 12.4. The van der Waals surface area contributed by atoms with Crippen LogP contribution in [-0.4, -0.2) is 18.6 Å². The van der Waals surface area contributed by atoms with E-state index >= 15 is 0 Å². The van der Waals surface area contributed by atoms with E-state index in [0.29, 0.717) is 13.0 Å². The Kier molecular flexibility index (Phi) is 6.70. The van der Waals surface area contributed by atoms with Gasteiger partial charge in [0.25, 0.3) is 5.91 Å². The first-order chi connectivity index (χ1) is 12.8. The summed E-state index contributed by atoms with van der Waals surface area (Å²) in [7, 11) is 0. The van der Waals surface area contributed by atoms with Gasteiger partial charge in [0.2, 0.25) is 0 Å². The molecule has 2 aromatic carbocycles. The predicted octanol–water partition coefficient (Wildman–Crippen LogP) is 4.47. The summed E-state index contributed by atoms with van der Waals surface area (Å²) in [5, 5.41) is 3.02. The Bertz CT molecular complexity index is 711. The summed E-state index contributed by atoms with van der Waals surface area (Å²) >= 11 is 0. The smallest absolute Gasteiger partial charge is 0.261 e. The van der Waals surface area contributed by atoms with Crippen molar-refractivity contribution in [1.82, 2.24) is 5.32 Å². The average Bonchev–Trinajstić information content (AvgIpc) is 2.70. The van der Waals surface area contributed by atoms with E-state index in [2.05, 4.69) is 29.6 Å². The average molecular weight is 351 g/mol. The fourth-order valence-electron chi connectivity index (χ4n) is 3.53. The topological polar surface area (TPSA) is 38.3 Å². The molecule has 1 atom stereocenters. The molecule has 0 aliphatic heterocycles. The lowest BCUT2D eigenvalue weighted by Gasteiger charge is -2.20. The van der Waals surface area contributed by atoms with Gasteiger partial charge in [0.1, 0.15) is 5.75 Å². The molecule has 0 spiro atoms. The van der Waals surface area contributed by atoms with Gasteiger partial charge in [-0.3, -0.25) is 4.79 Å². The van der Waals surface area contributed by atoms with Crippen molar-refractivity contribution in [3.8, 4) is 5.75 Å². The van der Waals surface area contributed by atoms with Gasteiger partial charge in [-0.15, -0.1) is 0 Å². The van der Waals surface area contributed by atoms with Crippen molar-refractivity contribution in [3.05, 3.63) is 65.2 Å². The van der Waals surface area contributed by atoms with Crippen LogP contribution < -0.4 is 10.1 Å². The van der Waals surface area contributed by atoms with Gasteiger partial charge in [0, 0.05) is 6.54 Å². The molecular weight excluding hydrogens is 322 g/mol. The molecule has 26 heavy (non-hydrogen) atoms. The molecular formula is C23H29NO2. The molecule has 2 aromatic rings. The van der Waals surface area contributed by atoms with E-state index in [9.17, 15) is 4.79 Å². The molecule has 0 saturated heterocycles. The lowest BCUT2D eigenvalue weighted by atomic mass is 9.92. The second kappa shape index (κ2) is 9.42. The number of nitrogens with one attached hydrogen (secondary N) is 1. The summed E-state index contributed by atoms with van der Waals surface area (Å²) < 4.78 is 5.99. The van der Waals surface area contributed by atoms with Crippen LogP contribution in [0.1, 0.15) is 49.3 Å². The van der Waals surface area contributed by atoms with Crippen LogP contribution in [-0.2, 0) is 24.1 Å². The summed E-state index contributed by atoms with van der Waals surface area (Å²) in [6.45, 7) is 2.67. The largest absolute Gasteiger partial charge is 0.481 e. The lowest BCUT2D eigenvalue weighted by molar-refractivity contribution is -0.128. The van der Waals surface area contributed by atoms with Crippen LogP contribution >= 0.6 is 0 Å². The molecule has 1 N–H and O–H groups in total. The number of carbonyl (C=O) groups is 1. The fraction of sp³-hybridized carbons (Fsp3) is 0.435. The van der Waals surface area contributed by atoms with E-state index in [1.54, 1.807) is 0 Å². The number of hydrogen-bond donors (Lipinski definition) is 1. The second-order valence-corrected chi connectivity index (χ2v) is 7.03. The third-order valence-corrected chi connectivity index (χ3v) is 5.05. The number of rotatable bonds is 8.